The molecule has 0 heterocycles. The van der Waals surface area contributed by atoms with E-state index < -0.39 is 16.0 Å². The molecule has 0 aromatic carbocycles. The van der Waals surface area contributed by atoms with Gasteiger partial charge < -0.3 is 5.11 Å². The van der Waals surface area contributed by atoms with Gasteiger partial charge >= 0.3 is 5.97 Å². The number of thiol groups is 2. The molecule has 0 aromatic rings. The number of aliphatic carboxylic acids is 1. The average molecular weight is 643 g/mol. The van der Waals surface area contributed by atoms with Crippen molar-refractivity contribution in [2.75, 3.05) is 0 Å². The first-order chi connectivity index (χ1) is 21.0. The van der Waals surface area contributed by atoms with E-state index in [1.165, 1.54) is 186 Å². The normalized spacial score (nSPS) is 12.7. The van der Waals surface area contributed by atoms with E-state index in [2.05, 4.69) is 13.8 Å². The molecule has 258 valence electrons. The van der Waals surface area contributed by atoms with Crippen molar-refractivity contribution in [1.29, 1.82) is 0 Å². The Balaban J connectivity index is 3.64. The summed E-state index contributed by atoms with van der Waals surface area (Å²) in [6.07, 6.45) is 44.6. The van der Waals surface area contributed by atoms with Gasteiger partial charge in [0.2, 0.25) is 0 Å². The van der Waals surface area contributed by atoms with E-state index in [4.69, 9.17) is 25.3 Å². The van der Waals surface area contributed by atoms with E-state index >= 15 is 0 Å². The summed E-state index contributed by atoms with van der Waals surface area (Å²) in [7, 11) is 0. The Labute approximate surface area is 282 Å². The molecule has 43 heavy (non-hydrogen) atoms. The topological polar surface area (TPSA) is 37.3 Å². The summed E-state index contributed by atoms with van der Waals surface area (Å²) in [5, 5.41) is 9.87. The number of carbonyl (C=O) groups is 1. The number of rotatable bonds is 36. The van der Waals surface area contributed by atoms with Crippen LogP contribution in [-0.4, -0.2) is 15.2 Å². The fourth-order valence-corrected chi connectivity index (χ4v) is 7.35. The van der Waals surface area contributed by atoms with Crippen molar-refractivity contribution in [2.45, 2.75) is 236 Å². The van der Waals surface area contributed by atoms with E-state index in [1.807, 2.05) is 0 Å². The van der Waals surface area contributed by atoms with Crippen molar-refractivity contribution in [2.24, 2.45) is 5.92 Å². The Morgan fingerprint density at radius 1 is 0.442 bits per heavy atom. The number of hydrogen-bond donors (Lipinski definition) is 3. The van der Waals surface area contributed by atoms with Gasteiger partial charge in [-0.25, -0.2) is 0 Å². The van der Waals surface area contributed by atoms with E-state index in [-0.39, 0.29) is 0 Å². The minimum atomic E-state index is -0.720. The van der Waals surface area contributed by atoms with E-state index in [1.54, 1.807) is 0 Å². The van der Waals surface area contributed by atoms with Gasteiger partial charge in [-0.05, 0) is 12.8 Å². The summed E-state index contributed by atoms with van der Waals surface area (Å²) in [6.45, 7) is 4.57. The lowest BCUT2D eigenvalue weighted by Gasteiger charge is -2.29. The molecule has 1 N–H and O–H groups in total. The first-order valence-electron chi connectivity index (χ1n) is 19.6. The molecule has 2 nitrogen and oxygen atoms in total. The van der Waals surface area contributed by atoms with Crippen LogP contribution in [0, 0.1) is 5.92 Å². The molecule has 0 aliphatic carbocycles. The molecular weight excluding hydrogens is 565 g/mol. The molecule has 0 saturated heterocycles. The van der Waals surface area contributed by atoms with Crippen LogP contribution < -0.4 is 0 Å². The number of hydrogen-bond acceptors (Lipinski definition) is 3. The zero-order chi connectivity index (χ0) is 31.7. The van der Waals surface area contributed by atoms with Crippen LogP contribution in [0.25, 0.3) is 0 Å². The SMILES string of the molecule is CCCCCCCCCCCCCCCCCCC(C(=O)O)C(S)(S)CCCCCCCCCCCCCCCCCC. The maximum atomic E-state index is 12.0. The lowest BCUT2D eigenvalue weighted by atomic mass is 9.92. The summed E-state index contributed by atoms with van der Waals surface area (Å²) in [6, 6.07) is 0. The van der Waals surface area contributed by atoms with E-state index in [9.17, 15) is 9.90 Å². The summed E-state index contributed by atoms with van der Waals surface area (Å²) < 4.78 is -0.697. The fraction of sp³-hybridized carbons (Fsp3) is 0.974. The van der Waals surface area contributed by atoms with E-state index in [0.717, 1.165) is 25.7 Å². The highest BCUT2D eigenvalue weighted by Crippen LogP contribution is 2.38. The van der Waals surface area contributed by atoms with Crippen LogP contribution in [0.15, 0.2) is 0 Å². The summed E-state index contributed by atoms with van der Waals surface area (Å²) >= 11 is 9.53. The Bertz CT molecular complexity index is 565. The predicted molar refractivity (Wildman–Crippen MR) is 200 cm³/mol. The molecule has 0 aliphatic rings. The Hall–Kier alpha value is 0.170. The zero-order valence-corrected chi connectivity index (χ0v) is 31.2. The molecule has 0 saturated carbocycles. The first-order valence-corrected chi connectivity index (χ1v) is 20.5. The van der Waals surface area contributed by atoms with Crippen molar-refractivity contribution in [3.05, 3.63) is 0 Å². The van der Waals surface area contributed by atoms with Crippen molar-refractivity contribution in [1.82, 2.24) is 0 Å². The number of unbranched alkanes of at least 4 members (excludes halogenated alkanes) is 30. The van der Waals surface area contributed by atoms with Gasteiger partial charge in [-0.1, -0.05) is 219 Å². The number of carboxylic acids is 1. The van der Waals surface area contributed by atoms with Crippen molar-refractivity contribution in [3.63, 3.8) is 0 Å². The van der Waals surface area contributed by atoms with Crippen LogP contribution in [0.4, 0.5) is 0 Å². The third kappa shape index (κ3) is 30.6. The van der Waals surface area contributed by atoms with Crippen LogP contribution in [0.3, 0.4) is 0 Å². The summed E-state index contributed by atoms with van der Waals surface area (Å²) in [4.78, 5) is 12.0. The van der Waals surface area contributed by atoms with Crippen molar-refractivity contribution < 1.29 is 9.90 Å². The highest BCUT2D eigenvalue weighted by atomic mass is 32.2. The highest BCUT2D eigenvalue weighted by molar-refractivity contribution is 8.00. The van der Waals surface area contributed by atoms with Crippen LogP contribution in [0.2, 0.25) is 0 Å². The molecule has 1 atom stereocenters. The monoisotopic (exact) mass is 643 g/mol. The molecule has 1 unspecified atom stereocenters. The second kappa shape index (κ2) is 33.5. The fourth-order valence-electron chi connectivity index (χ4n) is 6.56. The quantitative estimate of drug-likeness (QED) is 0.0361. The highest BCUT2D eigenvalue weighted by Gasteiger charge is 2.36. The van der Waals surface area contributed by atoms with Gasteiger partial charge in [0.1, 0.15) is 0 Å². The van der Waals surface area contributed by atoms with Crippen LogP contribution >= 0.6 is 25.3 Å². The lowest BCUT2D eigenvalue weighted by molar-refractivity contribution is -0.142. The van der Waals surface area contributed by atoms with Crippen molar-refractivity contribution >= 4 is 31.2 Å². The Morgan fingerprint density at radius 2 is 0.674 bits per heavy atom. The predicted octanol–water partition coefficient (Wildman–Crippen LogP) is 14.5. The molecule has 0 spiro atoms. The summed E-state index contributed by atoms with van der Waals surface area (Å²) in [5.41, 5.74) is 0. The van der Waals surface area contributed by atoms with Gasteiger partial charge in [-0.2, -0.15) is 25.3 Å². The third-order valence-corrected chi connectivity index (χ3v) is 10.7. The van der Waals surface area contributed by atoms with E-state index in [0.29, 0.717) is 6.42 Å². The smallest absolute Gasteiger partial charge is 0.308 e. The molecule has 0 aliphatic heterocycles. The summed E-state index contributed by atoms with van der Waals surface area (Å²) in [5.74, 6) is -1.18. The van der Waals surface area contributed by atoms with Gasteiger partial charge in [-0.3, -0.25) is 4.79 Å². The maximum Gasteiger partial charge on any atom is 0.308 e. The molecule has 0 bridgehead atoms. The van der Waals surface area contributed by atoms with Gasteiger partial charge in [0.25, 0.3) is 0 Å². The Morgan fingerprint density at radius 3 is 0.930 bits per heavy atom. The second-order valence-electron chi connectivity index (χ2n) is 13.9. The van der Waals surface area contributed by atoms with Gasteiger partial charge in [0, 0.05) is 0 Å². The van der Waals surface area contributed by atoms with Crippen LogP contribution in [-0.2, 0) is 4.79 Å². The Kier molecular flexibility index (Phi) is 33.7. The number of carboxylic acid groups (broad SMARTS) is 1. The van der Waals surface area contributed by atoms with Crippen LogP contribution in [0.1, 0.15) is 232 Å². The van der Waals surface area contributed by atoms with Gasteiger partial charge in [-0.15, -0.1) is 0 Å². The standard InChI is InChI=1S/C39H78O2S2/c1-3-5-7-9-11-13-15-17-19-21-23-25-27-29-31-33-35-37(38(40)41)39(42,43)36-34-32-30-28-26-24-22-20-18-16-14-12-10-8-6-4-2/h37,42-43H,3-36H2,1-2H3,(H,40,41). The average Bonchev–Trinajstić information content (AvgIpc) is 2.98. The molecule has 0 rings (SSSR count). The minimum Gasteiger partial charge on any atom is -0.481 e. The maximum absolute atomic E-state index is 12.0. The zero-order valence-electron chi connectivity index (χ0n) is 29.4. The minimum absolute atomic E-state index is 0.456. The van der Waals surface area contributed by atoms with Gasteiger partial charge in [0.05, 0.1) is 10.00 Å². The molecule has 0 aromatic heterocycles. The lowest BCUT2D eigenvalue weighted by Crippen LogP contribution is -2.33. The molecule has 0 amide bonds. The first kappa shape index (κ1) is 43.2. The molecular formula is C39H78O2S2. The second-order valence-corrected chi connectivity index (χ2v) is 15.9. The third-order valence-electron chi connectivity index (χ3n) is 9.60. The van der Waals surface area contributed by atoms with Crippen molar-refractivity contribution in [3.8, 4) is 0 Å². The largest absolute Gasteiger partial charge is 0.481 e. The van der Waals surface area contributed by atoms with Crippen LogP contribution in [0.5, 0.6) is 0 Å². The molecule has 0 radical (unpaired) electrons. The van der Waals surface area contributed by atoms with Gasteiger partial charge in [0.15, 0.2) is 0 Å². The molecule has 4 heteroatoms. The molecule has 0 fully saturated rings.